The predicted molar refractivity (Wildman–Crippen MR) is 75.9 cm³/mol. The maximum atomic E-state index is 11.9. The van der Waals surface area contributed by atoms with Gasteiger partial charge in [0.2, 0.25) is 0 Å². The zero-order chi connectivity index (χ0) is 14.1. The summed E-state index contributed by atoms with van der Waals surface area (Å²) < 4.78 is 5.12. The zero-order valence-corrected chi connectivity index (χ0v) is 12.4. The summed E-state index contributed by atoms with van der Waals surface area (Å²) in [6.45, 7) is 4.43. The molecule has 0 aromatic carbocycles. The minimum atomic E-state index is -0.221. The molecule has 5 nitrogen and oxygen atoms in total. The number of thiazole rings is 1. The number of nitrogens with zero attached hydrogens (tertiary/aromatic N) is 2. The van der Waals surface area contributed by atoms with Gasteiger partial charge in [0.15, 0.2) is 5.69 Å². The third-order valence-corrected chi connectivity index (χ3v) is 4.31. The topological polar surface area (TPSA) is 68.0 Å². The lowest BCUT2D eigenvalue weighted by Gasteiger charge is -1.99. The Morgan fingerprint density at radius 1 is 1.55 bits per heavy atom. The summed E-state index contributed by atoms with van der Waals surface area (Å²) in [5.74, 6) is 1.39. The average Bonchev–Trinajstić information content (AvgIpc) is 2.98. The smallest absolute Gasteiger partial charge is 0.273 e. The van der Waals surface area contributed by atoms with Gasteiger partial charge >= 0.3 is 0 Å². The normalized spacial score (nSPS) is 14.8. The first-order chi connectivity index (χ1) is 9.63. The minimum Gasteiger partial charge on any atom is -0.360 e. The molecule has 1 fully saturated rings. The Hall–Kier alpha value is -1.69. The van der Waals surface area contributed by atoms with Crippen LogP contribution < -0.4 is 5.32 Å². The van der Waals surface area contributed by atoms with Gasteiger partial charge in [-0.2, -0.15) is 0 Å². The second-order valence-electron chi connectivity index (χ2n) is 5.40. The van der Waals surface area contributed by atoms with Gasteiger partial charge in [-0.3, -0.25) is 4.79 Å². The molecule has 2 aromatic rings. The van der Waals surface area contributed by atoms with Crippen LogP contribution in [0.2, 0.25) is 0 Å². The molecule has 0 spiro atoms. The number of carbonyl (C=O) groups excluding carboxylic acids is 1. The maximum Gasteiger partial charge on any atom is 0.273 e. The number of hydrogen-bond donors (Lipinski definition) is 1. The average molecular weight is 291 g/mol. The fourth-order valence-corrected chi connectivity index (χ4v) is 2.84. The van der Waals surface area contributed by atoms with E-state index in [1.165, 1.54) is 17.8 Å². The van der Waals surface area contributed by atoms with Crippen molar-refractivity contribution in [3.8, 4) is 0 Å². The molecule has 0 unspecified atom stereocenters. The van der Waals surface area contributed by atoms with E-state index in [1.807, 2.05) is 19.2 Å². The molecular weight excluding hydrogens is 274 g/mol. The zero-order valence-electron chi connectivity index (χ0n) is 11.5. The van der Waals surface area contributed by atoms with Gasteiger partial charge in [-0.25, -0.2) is 4.98 Å². The lowest BCUT2D eigenvalue weighted by molar-refractivity contribution is 0.0941. The molecule has 0 radical (unpaired) electrons. The van der Waals surface area contributed by atoms with Crippen LogP contribution in [0.1, 0.15) is 65.5 Å². The predicted octanol–water partition coefficient (Wildman–Crippen LogP) is 3.06. The van der Waals surface area contributed by atoms with Crippen LogP contribution in [0, 0.1) is 0 Å². The first-order valence-corrected chi connectivity index (χ1v) is 7.70. The number of aromatic nitrogens is 2. The molecule has 20 heavy (non-hydrogen) atoms. The van der Waals surface area contributed by atoms with Gasteiger partial charge in [-0.15, -0.1) is 11.3 Å². The SMILES string of the molecule is CC(C)c1cc(C(=O)NCc2csc(C3CC3)n2)no1. The molecule has 0 saturated heterocycles. The van der Waals surface area contributed by atoms with Crippen molar-refractivity contribution in [2.45, 2.75) is 45.1 Å². The Balaban J connectivity index is 1.57. The monoisotopic (exact) mass is 291 g/mol. The molecule has 1 aliphatic carbocycles. The van der Waals surface area contributed by atoms with Crippen LogP contribution in [-0.4, -0.2) is 16.0 Å². The number of nitrogens with one attached hydrogen (secondary N) is 1. The lowest BCUT2D eigenvalue weighted by atomic mass is 10.1. The van der Waals surface area contributed by atoms with Crippen molar-refractivity contribution in [3.05, 3.63) is 33.6 Å². The van der Waals surface area contributed by atoms with E-state index in [4.69, 9.17) is 4.52 Å². The number of amides is 1. The highest BCUT2D eigenvalue weighted by Crippen LogP contribution is 2.41. The van der Waals surface area contributed by atoms with Crippen LogP contribution in [0.5, 0.6) is 0 Å². The molecule has 1 saturated carbocycles. The molecule has 0 bridgehead atoms. The first kappa shape index (κ1) is 13.3. The lowest BCUT2D eigenvalue weighted by Crippen LogP contribution is -2.23. The number of hydrogen-bond acceptors (Lipinski definition) is 5. The van der Waals surface area contributed by atoms with Gasteiger partial charge in [0, 0.05) is 23.3 Å². The highest BCUT2D eigenvalue weighted by Gasteiger charge is 2.26. The van der Waals surface area contributed by atoms with Crippen LogP contribution in [0.25, 0.3) is 0 Å². The van der Waals surface area contributed by atoms with Crippen LogP contribution >= 0.6 is 11.3 Å². The van der Waals surface area contributed by atoms with Gasteiger partial charge in [0.1, 0.15) is 5.76 Å². The fraction of sp³-hybridized carbons (Fsp3) is 0.500. The van der Waals surface area contributed by atoms with E-state index >= 15 is 0 Å². The summed E-state index contributed by atoms with van der Waals surface area (Å²) in [7, 11) is 0. The molecule has 3 rings (SSSR count). The van der Waals surface area contributed by atoms with Gasteiger partial charge in [0.05, 0.1) is 17.2 Å². The Labute approximate surface area is 121 Å². The molecule has 1 N–H and O–H groups in total. The number of rotatable bonds is 5. The largest absolute Gasteiger partial charge is 0.360 e. The second kappa shape index (κ2) is 5.36. The summed E-state index contributed by atoms with van der Waals surface area (Å²) in [6.07, 6.45) is 2.49. The second-order valence-corrected chi connectivity index (χ2v) is 6.29. The molecular formula is C14H17N3O2S. The highest BCUT2D eigenvalue weighted by molar-refractivity contribution is 7.09. The van der Waals surface area contributed by atoms with E-state index in [-0.39, 0.29) is 11.8 Å². The molecule has 1 amide bonds. The van der Waals surface area contributed by atoms with Crippen LogP contribution in [0.4, 0.5) is 0 Å². The Morgan fingerprint density at radius 2 is 2.35 bits per heavy atom. The Kier molecular flexibility index (Phi) is 3.56. The van der Waals surface area contributed by atoms with Crippen molar-refractivity contribution in [1.82, 2.24) is 15.5 Å². The van der Waals surface area contributed by atoms with Gasteiger partial charge < -0.3 is 9.84 Å². The molecule has 1 aliphatic rings. The summed E-state index contributed by atoms with van der Waals surface area (Å²) in [5, 5.41) is 9.81. The molecule has 2 aromatic heterocycles. The molecule has 106 valence electrons. The summed E-state index contributed by atoms with van der Waals surface area (Å²) in [5.41, 5.74) is 1.24. The van der Waals surface area contributed by atoms with E-state index in [0.717, 1.165) is 11.5 Å². The maximum absolute atomic E-state index is 11.9. The van der Waals surface area contributed by atoms with Crippen molar-refractivity contribution in [1.29, 1.82) is 0 Å². The summed E-state index contributed by atoms with van der Waals surface area (Å²) >= 11 is 1.68. The third-order valence-electron chi connectivity index (χ3n) is 3.26. The third kappa shape index (κ3) is 2.90. The fourth-order valence-electron chi connectivity index (χ4n) is 1.85. The highest BCUT2D eigenvalue weighted by atomic mass is 32.1. The Morgan fingerprint density at radius 3 is 3.00 bits per heavy atom. The van der Waals surface area contributed by atoms with Crippen molar-refractivity contribution in [2.24, 2.45) is 0 Å². The van der Waals surface area contributed by atoms with E-state index in [1.54, 1.807) is 17.4 Å². The quantitative estimate of drug-likeness (QED) is 0.919. The van der Waals surface area contributed by atoms with Crippen LogP contribution in [0.15, 0.2) is 16.0 Å². The van der Waals surface area contributed by atoms with Gasteiger partial charge in [0.25, 0.3) is 5.91 Å². The van der Waals surface area contributed by atoms with Crippen molar-refractivity contribution >= 4 is 17.2 Å². The molecule has 0 aliphatic heterocycles. The molecule has 0 atom stereocenters. The Bertz CT molecular complexity index is 613. The van der Waals surface area contributed by atoms with Crippen molar-refractivity contribution in [2.75, 3.05) is 0 Å². The van der Waals surface area contributed by atoms with E-state index in [9.17, 15) is 4.79 Å². The minimum absolute atomic E-state index is 0.221. The summed E-state index contributed by atoms with van der Waals surface area (Å²) in [6, 6.07) is 1.69. The van der Waals surface area contributed by atoms with E-state index in [0.29, 0.717) is 18.2 Å². The summed E-state index contributed by atoms with van der Waals surface area (Å²) in [4.78, 5) is 16.5. The van der Waals surface area contributed by atoms with E-state index < -0.39 is 0 Å². The van der Waals surface area contributed by atoms with Gasteiger partial charge in [-0.1, -0.05) is 19.0 Å². The first-order valence-electron chi connectivity index (χ1n) is 6.82. The van der Waals surface area contributed by atoms with E-state index in [2.05, 4.69) is 15.5 Å². The van der Waals surface area contributed by atoms with Gasteiger partial charge in [-0.05, 0) is 12.8 Å². The van der Waals surface area contributed by atoms with Crippen molar-refractivity contribution in [3.63, 3.8) is 0 Å². The molecule has 6 heteroatoms. The van der Waals surface area contributed by atoms with Crippen LogP contribution in [0.3, 0.4) is 0 Å². The standard InChI is InChI=1S/C14H17N3O2S/c1-8(2)12-5-11(17-19-12)13(18)15-6-10-7-20-14(16-10)9-3-4-9/h5,7-9H,3-4,6H2,1-2H3,(H,15,18). The van der Waals surface area contributed by atoms with Crippen LogP contribution in [-0.2, 0) is 6.54 Å². The number of carbonyl (C=O) groups is 1. The molecule has 2 heterocycles. The van der Waals surface area contributed by atoms with Crippen molar-refractivity contribution < 1.29 is 9.32 Å².